The van der Waals surface area contributed by atoms with Gasteiger partial charge in [0.05, 0.1) is 30.5 Å². The van der Waals surface area contributed by atoms with Crippen molar-refractivity contribution in [2.45, 2.75) is 0 Å². The van der Waals surface area contributed by atoms with Gasteiger partial charge in [0.1, 0.15) is 13.2 Å². The van der Waals surface area contributed by atoms with E-state index in [0.717, 1.165) is 0 Å². The number of amides is 1. The van der Waals surface area contributed by atoms with Crippen LogP contribution in [0.25, 0.3) is 0 Å². The zero-order chi connectivity index (χ0) is 19.6. The zero-order valence-electron chi connectivity index (χ0n) is 14.7. The quantitative estimate of drug-likeness (QED) is 0.400. The Kier molecular flexibility index (Phi) is 8.03. The minimum Gasteiger partial charge on any atom is -0.493 e. The van der Waals surface area contributed by atoms with Crippen molar-refractivity contribution < 1.29 is 23.7 Å². The van der Waals surface area contributed by atoms with E-state index < -0.39 is 6.09 Å². The summed E-state index contributed by atoms with van der Waals surface area (Å²) in [5, 5.41) is 4.32. The van der Waals surface area contributed by atoms with Crippen molar-refractivity contribution >= 4 is 35.5 Å². The number of halogens is 2. The van der Waals surface area contributed by atoms with Gasteiger partial charge in [0.15, 0.2) is 17.2 Å². The summed E-state index contributed by atoms with van der Waals surface area (Å²) in [6.45, 7) is 0.508. The van der Waals surface area contributed by atoms with Crippen molar-refractivity contribution in [2.75, 3.05) is 27.4 Å². The van der Waals surface area contributed by atoms with Crippen LogP contribution in [0, 0.1) is 0 Å². The summed E-state index contributed by atoms with van der Waals surface area (Å²) in [5.41, 5.74) is 2.75. The maximum absolute atomic E-state index is 10.9. The molecule has 1 amide bonds. The van der Waals surface area contributed by atoms with Crippen molar-refractivity contribution in [1.82, 2.24) is 5.43 Å². The van der Waals surface area contributed by atoms with Crippen LogP contribution in [0.4, 0.5) is 4.79 Å². The lowest BCUT2D eigenvalue weighted by molar-refractivity contribution is 0.171. The van der Waals surface area contributed by atoms with Crippen molar-refractivity contribution in [2.24, 2.45) is 5.10 Å². The standard InChI is InChI=1S/C18H18Cl2N2O5/c1-24-15-5-3-4-6-16(15)26-7-8-27-17-13(19)9-12(10-14(17)20)11-21-22-18(23)25-2/h3-6,9-11H,7-8H2,1-2H3,(H,22,23). The van der Waals surface area contributed by atoms with Gasteiger partial charge in [-0.1, -0.05) is 35.3 Å². The monoisotopic (exact) mass is 412 g/mol. The van der Waals surface area contributed by atoms with Gasteiger partial charge in [-0.05, 0) is 29.8 Å². The fraction of sp³-hybridized carbons (Fsp3) is 0.222. The second-order valence-electron chi connectivity index (χ2n) is 5.02. The van der Waals surface area contributed by atoms with E-state index in [2.05, 4.69) is 15.3 Å². The van der Waals surface area contributed by atoms with Gasteiger partial charge in [0.25, 0.3) is 0 Å². The summed E-state index contributed by atoms with van der Waals surface area (Å²) in [4.78, 5) is 10.9. The third-order valence-electron chi connectivity index (χ3n) is 3.23. The molecule has 2 aromatic carbocycles. The molecule has 0 aliphatic heterocycles. The number of benzene rings is 2. The first-order valence-electron chi connectivity index (χ1n) is 7.79. The van der Waals surface area contributed by atoms with Gasteiger partial charge in [-0.3, -0.25) is 0 Å². The molecule has 0 saturated carbocycles. The molecule has 0 unspecified atom stereocenters. The smallest absolute Gasteiger partial charge is 0.427 e. The first-order valence-corrected chi connectivity index (χ1v) is 8.55. The average Bonchev–Trinajstić information content (AvgIpc) is 2.67. The number of para-hydroxylation sites is 2. The Hall–Kier alpha value is -2.64. The molecule has 1 N–H and O–H groups in total. The van der Waals surface area contributed by atoms with E-state index in [9.17, 15) is 4.79 Å². The predicted molar refractivity (Wildman–Crippen MR) is 104 cm³/mol. The van der Waals surface area contributed by atoms with E-state index in [0.29, 0.717) is 32.9 Å². The summed E-state index contributed by atoms with van der Waals surface area (Å²) in [6, 6.07) is 10.5. The van der Waals surface area contributed by atoms with Crippen LogP contribution in [-0.2, 0) is 4.74 Å². The van der Waals surface area contributed by atoms with Gasteiger partial charge >= 0.3 is 6.09 Å². The molecule has 2 rings (SSSR count). The van der Waals surface area contributed by atoms with Crippen LogP contribution < -0.4 is 19.6 Å². The summed E-state index contributed by atoms with van der Waals surface area (Å²) >= 11 is 12.4. The second-order valence-corrected chi connectivity index (χ2v) is 5.84. The highest BCUT2D eigenvalue weighted by molar-refractivity contribution is 6.37. The van der Waals surface area contributed by atoms with E-state index >= 15 is 0 Å². The highest BCUT2D eigenvalue weighted by Gasteiger charge is 2.10. The molecular formula is C18H18Cl2N2O5. The average molecular weight is 413 g/mol. The topological polar surface area (TPSA) is 78.4 Å². The molecule has 144 valence electrons. The van der Waals surface area contributed by atoms with Gasteiger partial charge in [-0.2, -0.15) is 5.10 Å². The van der Waals surface area contributed by atoms with Crippen molar-refractivity contribution in [3.05, 3.63) is 52.0 Å². The highest BCUT2D eigenvalue weighted by atomic mass is 35.5. The summed E-state index contributed by atoms with van der Waals surface area (Å²) in [7, 11) is 2.81. The van der Waals surface area contributed by atoms with Crippen LogP contribution in [-0.4, -0.2) is 39.7 Å². The molecule has 0 bridgehead atoms. The fourth-order valence-electron chi connectivity index (χ4n) is 2.03. The lowest BCUT2D eigenvalue weighted by Gasteiger charge is -2.13. The Morgan fingerprint density at radius 3 is 2.33 bits per heavy atom. The molecule has 0 fully saturated rings. The van der Waals surface area contributed by atoms with Gasteiger partial charge in [-0.15, -0.1) is 0 Å². The van der Waals surface area contributed by atoms with E-state index in [1.165, 1.54) is 13.3 Å². The summed E-state index contributed by atoms with van der Waals surface area (Å²) in [6.07, 6.45) is 0.696. The van der Waals surface area contributed by atoms with Crippen molar-refractivity contribution in [3.63, 3.8) is 0 Å². The Morgan fingerprint density at radius 2 is 1.70 bits per heavy atom. The Labute approximate surface area is 166 Å². The lowest BCUT2D eigenvalue weighted by Crippen LogP contribution is -2.16. The SMILES string of the molecule is COC(=O)NN=Cc1cc(Cl)c(OCCOc2ccccc2OC)c(Cl)c1. The number of hydrazone groups is 1. The molecule has 0 heterocycles. The van der Waals surface area contributed by atoms with E-state index in [1.807, 2.05) is 12.1 Å². The molecule has 0 atom stereocenters. The molecule has 27 heavy (non-hydrogen) atoms. The third-order valence-corrected chi connectivity index (χ3v) is 3.79. The maximum atomic E-state index is 10.9. The zero-order valence-corrected chi connectivity index (χ0v) is 16.2. The Balaban J connectivity index is 1.92. The van der Waals surface area contributed by atoms with Gasteiger partial charge in [-0.25, -0.2) is 10.2 Å². The molecule has 0 aromatic heterocycles. The summed E-state index contributed by atoms with van der Waals surface area (Å²) < 4.78 is 20.9. The molecule has 0 radical (unpaired) electrons. The molecule has 0 saturated heterocycles. The minimum absolute atomic E-state index is 0.231. The van der Waals surface area contributed by atoms with Crippen molar-refractivity contribution in [3.8, 4) is 17.2 Å². The highest BCUT2D eigenvalue weighted by Crippen LogP contribution is 2.34. The second kappa shape index (κ2) is 10.5. The molecule has 2 aromatic rings. The van der Waals surface area contributed by atoms with Crippen LogP contribution in [0.2, 0.25) is 10.0 Å². The number of methoxy groups -OCH3 is 2. The molecule has 0 aliphatic carbocycles. The predicted octanol–water partition coefficient (Wildman–Crippen LogP) is 4.15. The third kappa shape index (κ3) is 6.23. The Morgan fingerprint density at radius 1 is 1.07 bits per heavy atom. The number of hydrogen-bond donors (Lipinski definition) is 1. The largest absolute Gasteiger partial charge is 0.493 e. The number of carbonyl (C=O) groups excluding carboxylic acids is 1. The molecule has 0 aliphatic rings. The van der Waals surface area contributed by atoms with E-state index in [4.69, 9.17) is 37.4 Å². The van der Waals surface area contributed by atoms with Crippen LogP contribution >= 0.6 is 23.2 Å². The van der Waals surface area contributed by atoms with Crippen molar-refractivity contribution in [1.29, 1.82) is 0 Å². The number of hydrogen-bond acceptors (Lipinski definition) is 6. The molecule has 7 nitrogen and oxygen atoms in total. The van der Waals surface area contributed by atoms with Gasteiger partial charge < -0.3 is 18.9 Å². The van der Waals surface area contributed by atoms with Gasteiger partial charge in [0, 0.05) is 0 Å². The fourth-order valence-corrected chi connectivity index (χ4v) is 2.64. The number of carbonyl (C=O) groups is 1. The first-order chi connectivity index (χ1) is 13.0. The van der Waals surface area contributed by atoms with E-state index in [1.54, 1.807) is 31.4 Å². The first kappa shape index (κ1) is 20.7. The Bertz CT molecular complexity index is 791. The maximum Gasteiger partial charge on any atom is 0.427 e. The molecule has 9 heteroatoms. The molecular weight excluding hydrogens is 395 g/mol. The lowest BCUT2D eigenvalue weighted by atomic mass is 10.2. The van der Waals surface area contributed by atoms with Crippen LogP contribution in [0.1, 0.15) is 5.56 Å². The molecule has 0 spiro atoms. The van der Waals surface area contributed by atoms with E-state index in [-0.39, 0.29) is 13.2 Å². The summed E-state index contributed by atoms with van der Waals surface area (Å²) in [5.74, 6) is 1.59. The van der Waals surface area contributed by atoms with Crippen LogP contribution in [0.3, 0.4) is 0 Å². The number of rotatable bonds is 8. The van der Waals surface area contributed by atoms with Crippen LogP contribution in [0.5, 0.6) is 17.2 Å². The number of nitrogens with one attached hydrogen (secondary N) is 1. The number of ether oxygens (including phenoxy) is 4. The normalized spacial score (nSPS) is 10.5. The van der Waals surface area contributed by atoms with Crippen LogP contribution in [0.15, 0.2) is 41.5 Å². The van der Waals surface area contributed by atoms with Gasteiger partial charge in [0.2, 0.25) is 0 Å². The minimum atomic E-state index is -0.682. The number of nitrogens with zero attached hydrogens (tertiary/aromatic N) is 1.